The summed E-state index contributed by atoms with van der Waals surface area (Å²) >= 11 is 0. The molecule has 5 nitrogen and oxygen atoms in total. The monoisotopic (exact) mass is 387 g/mol. The van der Waals surface area contributed by atoms with Crippen molar-refractivity contribution >= 4 is 5.91 Å². The summed E-state index contributed by atoms with van der Waals surface area (Å²) in [6.07, 6.45) is 0. The summed E-state index contributed by atoms with van der Waals surface area (Å²) in [5.41, 5.74) is 0.802. The van der Waals surface area contributed by atoms with Crippen LogP contribution in [0.5, 0.6) is 5.88 Å². The molecule has 0 unspecified atom stereocenters. The van der Waals surface area contributed by atoms with Crippen LogP contribution in [0, 0.1) is 17.5 Å². The van der Waals surface area contributed by atoms with Gasteiger partial charge >= 0.3 is 0 Å². The lowest BCUT2D eigenvalue weighted by molar-refractivity contribution is 0.0700. The molecule has 0 radical (unpaired) electrons. The van der Waals surface area contributed by atoms with E-state index < -0.39 is 17.5 Å². The lowest BCUT2D eigenvalue weighted by atomic mass is 10.1. The van der Waals surface area contributed by atoms with Crippen LogP contribution in [0.3, 0.4) is 0 Å². The normalized spacial score (nSPS) is 13.3. The van der Waals surface area contributed by atoms with Crippen LogP contribution in [0.4, 0.5) is 13.2 Å². The van der Waals surface area contributed by atoms with Crippen LogP contribution in [0.2, 0.25) is 0 Å². The van der Waals surface area contributed by atoms with Gasteiger partial charge in [0.25, 0.3) is 5.91 Å². The van der Waals surface area contributed by atoms with Crippen LogP contribution < -0.4 is 4.74 Å². The van der Waals surface area contributed by atoms with Crippen molar-refractivity contribution in [2.24, 2.45) is 0 Å². The van der Waals surface area contributed by atoms with Crippen LogP contribution in [0.15, 0.2) is 48.5 Å². The fourth-order valence-electron chi connectivity index (χ4n) is 3.08. The summed E-state index contributed by atoms with van der Waals surface area (Å²) in [6, 6.07) is 10.7. The number of halogens is 3. The van der Waals surface area contributed by atoms with Crippen molar-refractivity contribution in [3.63, 3.8) is 0 Å². The topological polar surface area (TPSA) is 47.4 Å². The molecule has 0 aliphatic carbocycles. The number of amides is 1. The van der Waals surface area contributed by atoms with E-state index in [0.29, 0.717) is 30.2 Å². The molecule has 1 aliphatic heterocycles. The van der Waals surface area contributed by atoms with E-state index in [1.165, 1.54) is 11.0 Å². The van der Waals surface area contributed by atoms with Gasteiger partial charge in [-0.15, -0.1) is 5.10 Å². The summed E-state index contributed by atoms with van der Waals surface area (Å²) in [6.45, 7) is 0.905. The molecule has 144 valence electrons. The zero-order valence-corrected chi connectivity index (χ0v) is 14.7. The predicted octanol–water partition coefficient (Wildman–Crippen LogP) is 3.54. The summed E-state index contributed by atoms with van der Waals surface area (Å²) < 4.78 is 48.2. The van der Waals surface area contributed by atoms with Crippen LogP contribution in [0.1, 0.15) is 21.6 Å². The number of carbonyl (C=O) groups excluding carboxylic acids is 1. The number of hydrogen-bond acceptors (Lipinski definition) is 3. The molecule has 4 rings (SSSR count). The van der Waals surface area contributed by atoms with Gasteiger partial charge in [0.05, 0.1) is 24.3 Å². The second-order valence-corrected chi connectivity index (χ2v) is 6.43. The first kappa shape index (κ1) is 18.1. The Morgan fingerprint density at radius 3 is 2.68 bits per heavy atom. The van der Waals surface area contributed by atoms with Crippen LogP contribution in [-0.2, 0) is 19.7 Å². The highest BCUT2D eigenvalue weighted by molar-refractivity contribution is 5.94. The van der Waals surface area contributed by atoms with E-state index in [1.807, 2.05) is 0 Å². The fourth-order valence-corrected chi connectivity index (χ4v) is 3.08. The standard InChI is InChI=1S/C20H16F3N3O2/c21-14-5-6-18(23)16(9-14)20(27)25-7-8-26-15(11-25)10-19(24-26)28-12-13-3-1-2-4-17(13)22/h1-6,9-10H,7-8,11-12H2. The van der Waals surface area contributed by atoms with Gasteiger partial charge in [-0.1, -0.05) is 18.2 Å². The SMILES string of the molecule is O=C(c1cc(F)ccc1F)N1CCn2nc(OCc3ccccc3F)cc2C1. The van der Waals surface area contributed by atoms with E-state index in [2.05, 4.69) is 5.10 Å². The van der Waals surface area contributed by atoms with Crippen molar-refractivity contribution < 1.29 is 22.7 Å². The molecule has 2 aromatic carbocycles. The maximum atomic E-state index is 13.9. The second kappa shape index (κ2) is 7.38. The van der Waals surface area contributed by atoms with Gasteiger partial charge in [-0.3, -0.25) is 9.48 Å². The Labute approximate surface area is 159 Å². The van der Waals surface area contributed by atoms with Gasteiger partial charge in [-0.05, 0) is 24.3 Å². The number of ether oxygens (including phenoxy) is 1. The minimum Gasteiger partial charge on any atom is -0.472 e. The first-order chi connectivity index (χ1) is 13.5. The quantitative estimate of drug-likeness (QED) is 0.688. The average Bonchev–Trinajstić information content (AvgIpc) is 3.10. The molecule has 0 N–H and O–H groups in total. The largest absolute Gasteiger partial charge is 0.472 e. The van der Waals surface area contributed by atoms with Crippen LogP contribution in [-0.4, -0.2) is 27.1 Å². The Morgan fingerprint density at radius 2 is 1.86 bits per heavy atom. The molecule has 1 aromatic heterocycles. The molecule has 0 saturated carbocycles. The van der Waals surface area contributed by atoms with Gasteiger partial charge in [-0.25, -0.2) is 13.2 Å². The first-order valence-corrected chi connectivity index (χ1v) is 8.68. The number of carbonyl (C=O) groups is 1. The Bertz CT molecular complexity index is 1040. The van der Waals surface area contributed by atoms with Gasteiger partial charge in [0.15, 0.2) is 0 Å². The number of rotatable bonds is 4. The lowest BCUT2D eigenvalue weighted by Crippen LogP contribution is -2.38. The van der Waals surface area contributed by atoms with E-state index in [0.717, 1.165) is 18.2 Å². The summed E-state index contributed by atoms with van der Waals surface area (Å²) in [4.78, 5) is 14.0. The molecule has 28 heavy (non-hydrogen) atoms. The Hall–Kier alpha value is -3.29. The molecule has 0 saturated heterocycles. The summed E-state index contributed by atoms with van der Waals surface area (Å²) in [5, 5.41) is 4.29. The molecule has 0 spiro atoms. The second-order valence-electron chi connectivity index (χ2n) is 6.43. The molecular formula is C20H16F3N3O2. The van der Waals surface area contributed by atoms with Gasteiger partial charge in [-0.2, -0.15) is 0 Å². The minimum atomic E-state index is -0.764. The van der Waals surface area contributed by atoms with Gasteiger partial charge in [0, 0.05) is 18.2 Å². The van der Waals surface area contributed by atoms with Gasteiger partial charge in [0.2, 0.25) is 5.88 Å². The van der Waals surface area contributed by atoms with Crippen molar-refractivity contribution in [2.75, 3.05) is 6.54 Å². The molecule has 3 aromatic rings. The van der Waals surface area contributed by atoms with Crippen molar-refractivity contribution in [3.05, 3.63) is 82.8 Å². The molecule has 2 heterocycles. The van der Waals surface area contributed by atoms with Crippen LogP contribution in [0.25, 0.3) is 0 Å². The number of hydrogen-bond donors (Lipinski definition) is 0. The highest BCUT2D eigenvalue weighted by Crippen LogP contribution is 2.22. The number of nitrogens with zero attached hydrogens (tertiary/aromatic N) is 3. The van der Waals surface area contributed by atoms with Crippen LogP contribution >= 0.6 is 0 Å². The van der Waals surface area contributed by atoms with Gasteiger partial charge < -0.3 is 9.64 Å². The van der Waals surface area contributed by atoms with Gasteiger partial charge in [0.1, 0.15) is 24.1 Å². The van der Waals surface area contributed by atoms with E-state index in [9.17, 15) is 18.0 Å². The third kappa shape index (κ3) is 3.58. The Kier molecular flexibility index (Phi) is 4.77. The number of fused-ring (bicyclic) bond motifs is 1. The summed E-state index contributed by atoms with van der Waals surface area (Å²) in [7, 11) is 0. The first-order valence-electron chi connectivity index (χ1n) is 8.68. The number of benzene rings is 2. The Balaban J connectivity index is 1.46. The third-order valence-electron chi connectivity index (χ3n) is 4.55. The van der Waals surface area contributed by atoms with Crippen molar-refractivity contribution in [1.82, 2.24) is 14.7 Å². The third-order valence-corrected chi connectivity index (χ3v) is 4.55. The zero-order valence-electron chi connectivity index (χ0n) is 14.7. The zero-order chi connectivity index (χ0) is 19.7. The molecule has 0 bridgehead atoms. The smallest absolute Gasteiger partial charge is 0.257 e. The maximum absolute atomic E-state index is 13.9. The molecule has 1 aliphatic rings. The molecule has 0 atom stereocenters. The molecule has 0 fully saturated rings. The van der Waals surface area contributed by atoms with Crippen molar-refractivity contribution in [3.8, 4) is 5.88 Å². The highest BCUT2D eigenvalue weighted by atomic mass is 19.1. The lowest BCUT2D eigenvalue weighted by Gasteiger charge is -2.27. The minimum absolute atomic E-state index is 0.0281. The molecule has 1 amide bonds. The van der Waals surface area contributed by atoms with E-state index >= 15 is 0 Å². The van der Waals surface area contributed by atoms with Crippen molar-refractivity contribution in [1.29, 1.82) is 0 Å². The maximum Gasteiger partial charge on any atom is 0.257 e. The number of aromatic nitrogens is 2. The van der Waals surface area contributed by atoms with E-state index in [-0.39, 0.29) is 24.5 Å². The van der Waals surface area contributed by atoms with E-state index in [1.54, 1.807) is 28.9 Å². The average molecular weight is 387 g/mol. The highest BCUT2D eigenvalue weighted by Gasteiger charge is 2.25. The summed E-state index contributed by atoms with van der Waals surface area (Å²) in [5.74, 6) is -2.07. The Morgan fingerprint density at radius 1 is 1.04 bits per heavy atom. The van der Waals surface area contributed by atoms with E-state index in [4.69, 9.17) is 4.74 Å². The fraction of sp³-hybridized carbons (Fsp3) is 0.200. The molecular weight excluding hydrogens is 371 g/mol. The molecule has 8 heteroatoms. The van der Waals surface area contributed by atoms with Crippen molar-refractivity contribution in [2.45, 2.75) is 19.7 Å². The predicted molar refractivity (Wildman–Crippen MR) is 94.1 cm³/mol.